The highest BCUT2D eigenvalue weighted by Gasteiger charge is 2.15. The van der Waals surface area contributed by atoms with Gasteiger partial charge in [0.1, 0.15) is 0 Å². The molecular weight excluding hydrogens is 244 g/mol. The van der Waals surface area contributed by atoms with Gasteiger partial charge < -0.3 is 5.73 Å². The molecule has 0 bridgehead atoms. The summed E-state index contributed by atoms with van der Waals surface area (Å²) in [6, 6.07) is 8.20. The van der Waals surface area contributed by atoms with Crippen LogP contribution in [0.1, 0.15) is 18.9 Å². The Morgan fingerprint density at radius 3 is 2.65 bits per heavy atom. The molecule has 0 saturated carbocycles. The van der Waals surface area contributed by atoms with Crippen molar-refractivity contribution in [3.05, 3.63) is 65.8 Å². The third kappa shape index (κ3) is 3.84. The standard InChI is InChI=1S/C18H24N2/c1-3-5-17-14-20(13-11-16(17)4-2)12-10-15-6-8-18(19)9-7-15/h3-9H,2,10-14,19H2,1H3/b5-3-. The monoisotopic (exact) mass is 268 g/mol. The van der Waals surface area contributed by atoms with Crippen LogP contribution in [0.3, 0.4) is 0 Å². The first-order valence-corrected chi connectivity index (χ1v) is 7.27. The Hall–Kier alpha value is -1.80. The highest BCUT2D eigenvalue weighted by molar-refractivity contribution is 5.39. The summed E-state index contributed by atoms with van der Waals surface area (Å²) in [4.78, 5) is 2.51. The summed E-state index contributed by atoms with van der Waals surface area (Å²) in [6.45, 7) is 9.24. The molecule has 2 rings (SSSR count). The maximum absolute atomic E-state index is 5.71. The van der Waals surface area contributed by atoms with Gasteiger partial charge in [0.05, 0.1) is 0 Å². The van der Waals surface area contributed by atoms with Gasteiger partial charge in [0.2, 0.25) is 0 Å². The fourth-order valence-corrected chi connectivity index (χ4v) is 2.62. The van der Waals surface area contributed by atoms with Crippen LogP contribution in [0, 0.1) is 0 Å². The molecule has 1 aliphatic rings. The first kappa shape index (κ1) is 14.6. The molecule has 0 aromatic heterocycles. The van der Waals surface area contributed by atoms with E-state index in [1.165, 1.54) is 16.7 Å². The predicted octanol–water partition coefficient (Wildman–Crippen LogP) is 3.58. The van der Waals surface area contributed by atoms with E-state index in [4.69, 9.17) is 5.73 Å². The molecule has 1 heterocycles. The van der Waals surface area contributed by atoms with Gasteiger partial charge in [-0.05, 0) is 48.6 Å². The molecule has 0 amide bonds. The number of nitrogens with two attached hydrogens (primary N) is 1. The molecule has 0 aliphatic carbocycles. The summed E-state index contributed by atoms with van der Waals surface area (Å²) in [5.41, 5.74) is 10.7. The SMILES string of the molecule is C=CC1=C(/C=C\C)CN(CCc2ccc(N)cc2)CC1. The number of rotatable bonds is 5. The van der Waals surface area contributed by atoms with Crippen LogP contribution >= 0.6 is 0 Å². The largest absolute Gasteiger partial charge is 0.399 e. The van der Waals surface area contributed by atoms with Crippen LogP contribution in [-0.4, -0.2) is 24.5 Å². The number of hydrogen-bond acceptors (Lipinski definition) is 2. The van der Waals surface area contributed by atoms with Crippen molar-refractivity contribution in [2.45, 2.75) is 19.8 Å². The van der Waals surface area contributed by atoms with Gasteiger partial charge in [-0.25, -0.2) is 0 Å². The Kier molecular flexibility index (Phi) is 5.19. The summed E-state index contributed by atoms with van der Waals surface area (Å²) in [6.07, 6.45) is 8.51. The highest BCUT2D eigenvalue weighted by Crippen LogP contribution is 2.20. The average Bonchev–Trinajstić information content (AvgIpc) is 2.47. The van der Waals surface area contributed by atoms with Crippen LogP contribution in [0.15, 0.2) is 60.2 Å². The maximum Gasteiger partial charge on any atom is 0.0314 e. The van der Waals surface area contributed by atoms with E-state index < -0.39 is 0 Å². The number of nitrogen functional groups attached to an aromatic ring is 1. The minimum Gasteiger partial charge on any atom is -0.399 e. The lowest BCUT2D eigenvalue weighted by Crippen LogP contribution is -2.32. The number of benzene rings is 1. The van der Waals surface area contributed by atoms with Crippen molar-refractivity contribution >= 4 is 5.69 Å². The lowest BCUT2D eigenvalue weighted by Gasteiger charge is -2.29. The van der Waals surface area contributed by atoms with Crippen molar-refractivity contribution in [3.63, 3.8) is 0 Å². The molecule has 2 nitrogen and oxygen atoms in total. The number of anilines is 1. The highest BCUT2D eigenvalue weighted by atomic mass is 15.1. The van der Waals surface area contributed by atoms with E-state index in [0.29, 0.717) is 0 Å². The summed E-state index contributed by atoms with van der Waals surface area (Å²) in [5.74, 6) is 0. The van der Waals surface area contributed by atoms with Crippen LogP contribution in [0.25, 0.3) is 0 Å². The van der Waals surface area contributed by atoms with Gasteiger partial charge in [-0.2, -0.15) is 0 Å². The van der Waals surface area contributed by atoms with E-state index in [1.54, 1.807) is 0 Å². The van der Waals surface area contributed by atoms with Crippen LogP contribution in [0.5, 0.6) is 0 Å². The van der Waals surface area contributed by atoms with Crippen molar-refractivity contribution in [3.8, 4) is 0 Å². The smallest absolute Gasteiger partial charge is 0.0314 e. The normalized spacial score (nSPS) is 16.9. The second-order valence-corrected chi connectivity index (χ2v) is 5.27. The van der Waals surface area contributed by atoms with Crippen LogP contribution in [0.2, 0.25) is 0 Å². The van der Waals surface area contributed by atoms with E-state index in [9.17, 15) is 0 Å². The van der Waals surface area contributed by atoms with Gasteiger partial charge in [-0.1, -0.05) is 36.9 Å². The fourth-order valence-electron chi connectivity index (χ4n) is 2.62. The Bertz CT molecular complexity index is 509. The summed E-state index contributed by atoms with van der Waals surface area (Å²) in [5, 5.41) is 0. The van der Waals surface area contributed by atoms with Crippen molar-refractivity contribution < 1.29 is 0 Å². The van der Waals surface area contributed by atoms with Gasteiger partial charge in [-0.3, -0.25) is 4.90 Å². The molecule has 2 N–H and O–H groups in total. The van der Waals surface area contributed by atoms with Gasteiger partial charge >= 0.3 is 0 Å². The Morgan fingerprint density at radius 1 is 1.25 bits per heavy atom. The second kappa shape index (κ2) is 7.11. The van der Waals surface area contributed by atoms with Crippen molar-refractivity contribution in [2.24, 2.45) is 0 Å². The maximum atomic E-state index is 5.71. The third-order valence-corrected chi connectivity index (χ3v) is 3.81. The molecule has 106 valence electrons. The Morgan fingerprint density at radius 2 is 2.00 bits per heavy atom. The Labute approximate surface area is 122 Å². The molecule has 0 unspecified atom stereocenters. The van der Waals surface area contributed by atoms with Crippen LogP contribution in [0.4, 0.5) is 5.69 Å². The molecule has 2 heteroatoms. The molecule has 0 saturated heterocycles. The first-order chi connectivity index (χ1) is 9.72. The predicted molar refractivity (Wildman–Crippen MR) is 87.7 cm³/mol. The van der Waals surface area contributed by atoms with Gasteiger partial charge in [0.15, 0.2) is 0 Å². The molecule has 1 aromatic carbocycles. The first-order valence-electron chi connectivity index (χ1n) is 7.27. The minimum absolute atomic E-state index is 0.834. The molecule has 0 fully saturated rings. The zero-order valence-corrected chi connectivity index (χ0v) is 12.3. The average molecular weight is 268 g/mol. The molecule has 1 aliphatic heterocycles. The van der Waals surface area contributed by atoms with Gasteiger partial charge in [-0.15, -0.1) is 0 Å². The molecule has 1 aromatic rings. The number of nitrogens with zero attached hydrogens (tertiary/aromatic N) is 1. The molecule has 0 spiro atoms. The zero-order chi connectivity index (χ0) is 14.4. The zero-order valence-electron chi connectivity index (χ0n) is 12.3. The van der Waals surface area contributed by atoms with Gasteiger partial charge in [0, 0.05) is 25.3 Å². The Balaban J connectivity index is 1.93. The van der Waals surface area contributed by atoms with Gasteiger partial charge in [0.25, 0.3) is 0 Å². The topological polar surface area (TPSA) is 29.3 Å². The summed E-state index contributed by atoms with van der Waals surface area (Å²) >= 11 is 0. The summed E-state index contributed by atoms with van der Waals surface area (Å²) < 4.78 is 0. The van der Waals surface area contributed by atoms with Crippen molar-refractivity contribution in [2.75, 3.05) is 25.4 Å². The van der Waals surface area contributed by atoms with E-state index in [2.05, 4.69) is 42.7 Å². The molecule has 0 atom stereocenters. The van der Waals surface area contributed by atoms with Crippen molar-refractivity contribution in [1.29, 1.82) is 0 Å². The van der Waals surface area contributed by atoms with E-state index >= 15 is 0 Å². The lowest BCUT2D eigenvalue weighted by molar-refractivity contribution is 0.293. The third-order valence-electron chi connectivity index (χ3n) is 3.81. The second-order valence-electron chi connectivity index (χ2n) is 5.27. The van der Waals surface area contributed by atoms with E-state index in [0.717, 1.165) is 38.2 Å². The van der Waals surface area contributed by atoms with E-state index in [-0.39, 0.29) is 0 Å². The number of allylic oxidation sites excluding steroid dienone is 2. The molecule has 20 heavy (non-hydrogen) atoms. The number of hydrogen-bond donors (Lipinski definition) is 1. The van der Waals surface area contributed by atoms with E-state index in [1.807, 2.05) is 18.2 Å². The molecule has 0 radical (unpaired) electrons. The van der Waals surface area contributed by atoms with Crippen molar-refractivity contribution in [1.82, 2.24) is 4.90 Å². The minimum atomic E-state index is 0.834. The molecular formula is C18H24N2. The van der Waals surface area contributed by atoms with Crippen LogP contribution < -0.4 is 5.73 Å². The quantitative estimate of drug-likeness (QED) is 0.827. The lowest BCUT2D eigenvalue weighted by atomic mass is 9.99. The van der Waals surface area contributed by atoms with Crippen LogP contribution in [-0.2, 0) is 6.42 Å². The summed E-state index contributed by atoms with van der Waals surface area (Å²) in [7, 11) is 0. The fraction of sp³-hybridized carbons (Fsp3) is 0.333.